The lowest BCUT2D eigenvalue weighted by Gasteiger charge is -2.32. The number of pyridine rings is 1. The topological polar surface area (TPSA) is 42.4 Å². The molecule has 2 heterocycles. The monoisotopic (exact) mass is 364 g/mol. The van der Waals surface area contributed by atoms with Gasteiger partial charge in [0.05, 0.1) is 23.9 Å². The Morgan fingerprint density at radius 2 is 2.00 bits per heavy atom. The summed E-state index contributed by atoms with van der Waals surface area (Å²) in [6, 6.07) is 10.1. The lowest BCUT2D eigenvalue weighted by Crippen LogP contribution is -2.36. The van der Waals surface area contributed by atoms with Gasteiger partial charge in [-0.05, 0) is 62.1 Å². The minimum atomic E-state index is -0.361. The number of amides is 1. The van der Waals surface area contributed by atoms with Crippen LogP contribution in [-0.4, -0.2) is 24.5 Å². The number of hydrogen-bond donors (Lipinski definition) is 0. The summed E-state index contributed by atoms with van der Waals surface area (Å²) in [6.07, 6.45) is 1.81. The molecule has 138 valence electrons. The molecular formula is C22H21FN2O2. The number of ether oxygens (including phenoxy) is 1. The van der Waals surface area contributed by atoms with E-state index in [1.807, 2.05) is 19.1 Å². The molecule has 0 spiro atoms. The first kappa shape index (κ1) is 17.5. The fourth-order valence-corrected chi connectivity index (χ4v) is 3.88. The van der Waals surface area contributed by atoms with E-state index in [1.54, 1.807) is 24.1 Å². The van der Waals surface area contributed by atoms with Gasteiger partial charge in [-0.3, -0.25) is 9.78 Å². The van der Waals surface area contributed by atoms with E-state index in [0.29, 0.717) is 34.5 Å². The van der Waals surface area contributed by atoms with Gasteiger partial charge in [-0.2, -0.15) is 0 Å². The lowest BCUT2D eigenvalue weighted by molar-refractivity contribution is 0.0985. The van der Waals surface area contributed by atoms with E-state index in [9.17, 15) is 9.18 Å². The Labute approximate surface area is 157 Å². The van der Waals surface area contributed by atoms with E-state index in [2.05, 4.69) is 11.9 Å². The summed E-state index contributed by atoms with van der Waals surface area (Å²) < 4.78 is 19.2. The van der Waals surface area contributed by atoms with Crippen molar-refractivity contribution in [3.8, 4) is 5.75 Å². The van der Waals surface area contributed by atoms with Crippen LogP contribution < -0.4 is 9.64 Å². The van der Waals surface area contributed by atoms with E-state index >= 15 is 0 Å². The van der Waals surface area contributed by atoms with Crippen LogP contribution in [0.1, 0.15) is 33.6 Å². The number of benzene rings is 2. The molecule has 0 radical (unpaired) electrons. The highest BCUT2D eigenvalue weighted by atomic mass is 19.1. The average molecular weight is 364 g/mol. The highest BCUT2D eigenvalue weighted by molar-refractivity contribution is 6.14. The summed E-state index contributed by atoms with van der Waals surface area (Å²) in [5.41, 5.74) is 4.86. The normalized spacial score (nSPS) is 13.6. The Balaban J connectivity index is 1.89. The molecule has 1 aliphatic heterocycles. The number of fused-ring (bicyclic) bond motifs is 2. The maximum Gasteiger partial charge on any atom is 0.259 e. The Morgan fingerprint density at radius 3 is 2.78 bits per heavy atom. The minimum absolute atomic E-state index is 0.109. The van der Waals surface area contributed by atoms with Crippen molar-refractivity contribution < 1.29 is 13.9 Å². The van der Waals surface area contributed by atoms with Gasteiger partial charge in [0.1, 0.15) is 11.6 Å². The van der Waals surface area contributed by atoms with Crippen LogP contribution in [-0.2, 0) is 6.42 Å². The summed E-state index contributed by atoms with van der Waals surface area (Å²) in [4.78, 5) is 19.7. The second-order valence-electron chi connectivity index (χ2n) is 6.94. The van der Waals surface area contributed by atoms with Crippen LogP contribution in [0.3, 0.4) is 0 Å². The molecule has 0 unspecified atom stereocenters. The number of halogens is 1. The van der Waals surface area contributed by atoms with Crippen molar-refractivity contribution >= 4 is 22.5 Å². The van der Waals surface area contributed by atoms with Crippen LogP contribution >= 0.6 is 0 Å². The number of carbonyl (C=O) groups excluding carboxylic acids is 1. The van der Waals surface area contributed by atoms with Gasteiger partial charge in [0, 0.05) is 23.7 Å². The zero-order valence-corrected chi connectivity index (χ0v) is 15.7. The number of nitrogens with zero attached hydrogens (tertiary/aromatic N) is 2. The first-order chi connectivity index (χ1) is 13.0. The van der Waals surface area contributed by atoms with E-state index in [0.717, 1.165) is 29.7 Å². The fourth-order valence-electron chi connectivity index (χ4n) is 3.88. The number of aryl methyl sites for hydroxylation is 2. The summed E-state index contributed by atoms with van der Waals surface area (Å²) in [5.74, 6) is 0.228. The van der Waals surface area contributed by atoms with Crippen LogP contribution in [0.2, 0.25) is 0 Å². The predicted octanol–water partition coefficient (Wildman–Crippen LogP) is 4.59. The number of methoxy groups -OCH3 is 1. The van der Waals surface area contributed by atoms with Crippen molar-refractivity contribution in [2.75, 3.05) is 18.6 Å². The molecule has 0 aliphatic carbocycles. The molecule has 1 aliphatic rings. The maximum atomic E-state index is 13.6. The van der Waals surface area contributed by atoms with Gasteiger partial charge >= 0.3 is 0 Å². The second-order valence-corrected chi connectivity index (χ2v) is 6.94. The van der Waals surface area contributed by atoms with Gasteiger partial charge in [0.25, 0.3) is 5.91 Å². The van der Waals surface area contributed by atoms with Crippen molar-refractivity contribution in [1.29, 1.82) is 0 Å². The number of carbonyl (C=O) groups is 1. The highest BCUT2D eigenvalue weighted by Gasteiger charge is 2.29. The van der Waals surface area contributed by atoms with Gasteiger partial charge < -0.3 is 9.64 Å². The smallest absolute Gasteiger partial charge is 0.259 e. The largest absolute Gasteiger partial charge is 0.495 e. The molecular weight excluding hydrogens is 343 g/mol. The molecule has 4 nitrogen and oxygen atoms in total. The van der Waals surface area contributed by atoms with Crippen molar-refractivity contribution in [3.63, 3.8) is 0 Å². The predicted molar refractivity (Wildman–Crippen MR) is 104 cm³/mol. The second kappa shape index (κ2) is 6.65. The summed E-state index contributed by atoms with van der Waals surface area (Å²) >= 11 is 0. The summed E-state index contributed by atoms with van der Waals surface area (Å²) in [6.45, 7) is 4.49. The van der Waals surface area contributed by atoms with Crippen LogP contribution in [0.15, 0.2) is 36.4 Å². The molecule has 0 saturated carbocycles. The third-order valence-electron chi connectivity index (χ3n) is 5.15. The molecule has 1 amide bonds. The van der Waals surface area contributed by atoms with Crippen LogP contribution in [0.25, 0.3) is 10.9 Å². The molecule has 4 rings (SSSR count). The molecule has 0 N–H and O–H groups in total. The van der Waals surface area contributed by atoms with E-state index in [1.165, 1.54) is 12.1 Å². The molecule has 0 atom stereocenters. The zero-order chi connectivity index (χ0) is 19.1. The van der Waals surface area contributed by atoms with Gasteiger partial charge in [-0.15, -0.1) is 0 Å². The lowest BCUT2D eigenvalue weighted by atomic mass is 9.95. The number of hydrogen-bond acceptors (Lipinski definition) is 3. The molecule has 1 aromatic heterocycles. The number of anilines is 1. The Bertz CT molecular complexity index is 1060. The van der Waals surface area contributed by atoms with Crippen LogP contribution in [0.5, 0.6) is 5.75 Å². The maximum absolute atomic E-state index is 13.6. The minimum Gasteiger partial charge on any atom is -0.495 e. The molecule has 3 aromatic rings. The van der Waals surface area contributed by atoms with Crippen molar-refractivity contribution in [2.24, 2.45) is 0 Å². The third kappa shape index (κ3) is 2.93. The highest BCUT2D eigenvalue weighted by Crippen LogP contribution is 2.39. The first-order valence-corrected chi connectivity index (χ1v) is 9.05. The first-order valence-electron chi connectivity index (χ1n) is 9.05. The number of aromatic nitrogens is 1. The van der Waals surface area contributed by atoms with E-state index < -0.39 is 0 Å². The Hall–Kier alpha value is -2.95. The van der Waals surface area contributed by atoms with Gasteiger partial charge in [-0.1, -0.05) is 6.07 Å². The van der Waals surface area contributed by atoms with E-state index in [4.69, 9.17) is 4.74 Å². The van der Waals surface area contributed by atoms with Crippen molar-refractivity contribution in [3.05, 3.63) is 64.6 Å². The van der Waals surface area contributed by atoms with Crippen LogP contribution in [0, 0.1) is 19.7 Å². The zero-order valence-electron chi connectivity index (χ0n) is 15.7. The van der Waals surface area contributed by atoms with Crippen molar-refractivity contribution in [1.82, 2.24) is 4.98 Å². The standard InChI is InChI=1S/C22H21FN2O2/c1-13-6-9-20(27-3)21-16(13)5-4-10-25(21)22(26)18-11-14(2)24-19-12-15(23)7-8-17(18)19/h6-9,11-12H,4-5,10H2,1-3H3. The van der Waals surface area contributed by atoms with Gasteiger partial charge in [-0.25, -0.2) is 4.39 Å². The molecule has 0 bridgehead atoms. The molecule has 0 fully saturated rings. The van der Waals surface area contributed by atoms with Crippen molar-refractivity contribution in [2.45, 2.75) is 26.7 Å². The summed E-state index contributed by atoms with van der Waals surface area (Å²) in [5, 5.41) is 0.658. The molecule has 5 heteroatoms. The van der Waals surface area contributed by atoms with E-state index in [-0.39, 0.29) is 11.7 Å². The summed E-state index contributed by atoms with van der Waals surface area (Å²) in [7, 11) is 1.62. The molecule has 0 saturated heterocycles. The SMILES string of the molecule is COc1ccc(C)c2c1N(C(=O)c1cc(C)nc3cc(F)ccc13)CCC2. The number of rotatable bonds is 2. The Morgan fingerprint density at radius 1 is 1.19 bits per heavy atom. The Kier molecular flexibility index (Phi) is 4.30. The van der Waals surface area contributed by atoms with Gasteiger partial charge in [0.15, 0.2) is 0 Å². The average Bonchev–Trinajstić information content (AvgIpc) is 2.66. The van der Waals surface area contributed by atoms with Gasteiger partial charge in [0.2, 0.25) is 0 Å². The quantitative estimate of drug-likeness (QED) is 0.668. The third-order valence-corrected chi connectivity index (χ3v) is 5.15. The molecule has 2 aromatic carbocycles. The van der Waals surface area contributed by atoms with Crippen LogP contribution in [0.4, 0.5) is 10.1 Å². The molecule has 27 heavy (non-hydrogen) atoms. The fraction of sp³-hybridized carbons (Fsp3) is 0.273.